The molecule has 6 nitrogen and oxygen atoms in total. The molecule has 0 aliphatic rings. The number of rotatable bonds is 5. The number of hydrogen-bond donors (Lipinski definition) is 3. The number of carbonyl (C=O) groups is 2. The van der Waals surface area contributed by atoms with Gasteiger partial charge in [0.1, 0.15) is 10.7 Å². The molecule has 130 valence electrons. The molecule has 0 saturated carbocycles. The molecular formula is C16H21ClN4O2S. The zero-order valence-electron chi connectivity index (χ0n) is 13.8. The lowest BCUT2D eigenvalue weighted by atomic mass is 10.1. The molecule has 0 unspecified atom stereocenters. The molecule has 0 aliphatic carbocycles. The number of anilines is 1. The fourth-order valence-electron chi connectivity index (χ4n) is 2.04. The summed E-state index contributed by atoms with van der Waals surface area (Å²) >= 11 is 1.35. The maximum atomic E-state index is 12.1. The predicted octanol–water partition coefficient (Wildman–Crippen LogP) is 2.72. The van der Waals surface area contributed by atoms with Crippen LogP contribution < -0.4 is 16.4 Å². The van der Waals surface area contributed by atoms with E-state index in [4.69, 9.17) is 5.73 Å². The van der Waals surface area contributed by atoms with Gasteiger partial charge in [-0.15, -0.1) is 23.7 Å². The van der Waals surface area contributed by atoms with Crippen molar-refractivity contribution >= 4 is 41.2 Å². The minimum absolute atomic E-state index is 0. The Hall–Kier alpha value is -1.96. The number of aromatic nitrogens is 1. The van der Waals surface area contributed by atoms with E-state index in [1.807, 2.05) is 20.8 Å². The summed E-state index contributed by atoms with van der Waals surface area (Å²) in [6.07, 6.45) is 0. The second-order valence-electron chi connectivity index (χ2n) is 5.44. The average Bonchev–Trinajstić information content (AvgIpc) is 2.95. The summed E-state index contributed by atoms with van der Waals surface area (Å²) in [6.45, 7) is 5.97. The number of benzene rings is 1. The Morgan fingerprint density at radius 2 is 2.00 bits per heavy atom. The number of amides is 2. The number of thiazole rings is 1. The molecule has 0 aliphatic heterocycles. The molecule has 1 heterocycles. The van der Waals surface area contributed by atoms with E-state index in [0.717, 1.165) is 5.56 Å². The van der Waals surface area contributed by atoms with E-state index >= 15 is 0 Å². The topological polar surface area (TPSA) is 97.1 Å². The van der Waals surface area contributed by atoms with Crippen LogP contribution in [0.2, 0.25) is 0 Å². The van der Waals surface area contributed by atoms with Crippen LogP contribution >= 0.6 is 23.7 Å². The number of nitrogens with zero attached hydrogens (tertiary/aromatic N) is 1. The second kappa shape index (κ2) is 8.77. The zero-order valence-corrected chi connectivity index (χ0v) is 15.4. The summed E-state index contributed by atoms with van der Waals surface area (Å²) in [5, 5.41) is 8.01. The second-order valence-corrected chi connectivity index (χ2v) is 6.39. The Morgan fingerprint density at radius 1 is 1.29 bits per heavy atom. The summed E-state index contributed by atoms with van der Waals surface area (Å²) in [6, 6.07) is 5.25. The number of halogens is 1. The summed E-state index contributed by atoms with van der Waals surface area (Å²) < 4.78 is 0. The van der Waals surface area contributed by atoms with Crippen molar-refractivity contribution in [3.05, 3.63) is 45.4 Å². The molecule has 8 heteroatoms. The highest BCUT2D eigenvalue weighted by atomic mass is 35.5. The van der Waals surface area contributed by atoms with Gasteiger partial charge in [-0.1, -0.05) is 0 Å². The van der Waals surface area contributed by atoms with Crippen LogP contribution in [0, 0.1) is 6.92 Å². The third kappa shape index (κ3) is 5.02. The smallest absolute Gasteiger partial charge is 0.275 e. The van der Waals surface area contributed by atoms with Crippen LogP contribution in [0.5, 0.6) is 0 Å². The molecule has 1 aromatic heterocycles. The van der Waals surface area contributed by atoms with Crippen molar-refractivity contribution in [3.63, 3.8) is 0 Å². The third-order valence-electron chi connectivity index (χ3n) is 3.11. The van der Waals surface area contributed by atoms with Crippen LogP contribution in [0.3, 0.4) is 0 Å². The summed E-state index contributed by atoms with van der Waals surface area (Å²) in [5.74, 6) is -0.415. The minimum atomic E-state index is -0.292. The van der Waals surface area contributed by atoms with E-state index in [1.165, 1.54) is 11.3 Å². The lowest BCUT2D eigenvalue weighted by Gasteiger charge is -2.12. The first-order chi connectivity index (χ1) is 10.9. The van der Waals surface area contributed by atoms with Crippen LogP contribution in [0.4, 0.5) is 5.69 Å². The molecule has 4 N–H and O–H groups in total. The fourth-order valence-corrected chi connectivity index (χ4v) is 2.69. The van der Waals surface area contributed by atoms with Gasteiger partial charge in [-0.2, -0.15) is 0 Å². The van der Waals surface area contributed by atoms with Gasteiger partial charge in [0.2, 0.25) is 0 Å². The van der Waals surface area contributed by atoms with E-state index in [-0.39, 0.29) is 30.3 Å². The molecule has 0 radical (unpaired) electrons. The highest BCUT2D eigenvalue weighted by molar-refractivity contribution is 7.09. The van der Waals surface area contributed by atoms with Crippen molar-refractivity contribution in [1.29, 1.82) is 0 Å². The lowest BCUT2D eigenvalue weighted by Crippen LogP contribution is -2.30. The SMILES string of the molecule is Cc1cc(NC(=O)c2csc(CN)n2)ccc1C(=O)NC(C)C.Cl. The highest BCUT2D eigenvalue weighted by Gasteiger charge is 2.13. The van der Waals surface area contributed by atoms with E-state index in [2.05, 4.69) is 15.6 Å². The van der Waals surface area contributed by atoms with Gasteiger partial charge in [-0.3, -0.25) is 9.59 Å². The molecule has 0 atom stereocenters. The Morgan fingerprint density at radius 3 is 2.54 bits per heavy atom. The van der Waals surface area contributed by atoms with Gasteiger partial charge in [0.05, 0.1) is 0 Å². The minimum Gasteiger partial charge on any atom is -0.350 e. The number of nitrogens with one attached hydrogen (secondary N) is 2. The Kier molecular flexibility index (Phi) is 7.34. The van der Waals surface area contributed by atoms with Crippen molar-refractivity contribution in [2.75, 3.05) is 5.32 Å². The average molecular weight is 369 g/mol. The molecule has 2 rings (SSSR count). The standard InChI is InChI=1S/C16H20N4O2S.ClH/c1-9(2)18-15(21)12-5-4-11(6-10(12)3)19-16(22)13-8-23-14(7-17)20-13;/h4-6,8-9H,7,17H2,1-3H3,(H,18,21)(H,19,22);1H. The summed E-state index contributed by atoms with van der Waals surface area (Å²) in [7, 11) is 0. The van der Waals surface area contributed by atoms with Crippen LogP contribution in [-0.2, 0) is 6.54 Å². The molecule has 1 aromatic carbocycles. The van der Waals surface area contributed by atoms with Crippen molar-refractivity contribution in [3.8, 4) is 0 Å². The van der Waals surface area contributed by atoms with Crippen molar-refractivity contribution < 1.29 is 9.59 Å². The van der Waals surface area contributed by atoms with Gasteiger partial charge in [-0.25, -0.2) is 4.98 Å². The maximum Gasteiger partial charge on any atom is 0.275 e. The van der Waals surface area contributed by atoms with Gasteiger partial charge in [0, 0.05) is 29.2 Å². The van der Waals surface area contributed by atoms with Crippen molar-refractivity contribution in [2.45, 2.75) is 33.4 Å². The lowest BCUT2D eigenvalue weighted by molar-refractivity contribution is 0.0942. The zero-order chi connectivity index (χ0) is 17.0. The van der Waals surface area contributed by atoms with Crippen LogP contribution in [-0.4, -0.2) is 22.8 Å². The molecule has 0 spiro atoms. The number of aryl methyl sites for hydroxylation is 1. The summed E-state index contributed by atoms with van der Waals surface area (Å²) in [4.78, 5) is 28.3. The fraction of sp³-hybridized carbons (Fsp3) is 0.312. The largest absolute Gasteiger partial charge is 0.350 e. The molecule has 0 fully saturated rings. The Bertz CT molecular complexity index is 731. The molecule has 0 saturated heterocycles. The quantitative estimate of drug-likeness (QED) is 0.755. The first kappa shape index (κ1) is 20.1. The monoisotopic (exact) mass is 368 g/mol. The van der Waals surface area contributed by atoms with E-state index in [9.17, 15) is 9.59 Å². The number of nitrogens with two attached hydrogens (primary N) is 1. The van der Waals surface area contributed by atoms with E-state index in [1.54, 1.807) is 23.6 Å². The van der Waals surface area contributed by atoms with Crippen LogP contribution in [0.25, 0.3) is 0 Å². The first-order valence-electron chi connectivity index (χ1n) is 7.28. The molecular weight excluding hydrogens is 348 g/mol. The normalized spacial score (nSPS) is 10.2. The van der Waals surface area contributed by atoms with Crippen molar-refractivity contribution in [1.82, 2.24) is 10.3 Å². The maximum absolute atomic E-state index is 12.1. The number of hydrogen-bond acceptors (Lipinski definition) is 5. The predicted molar refractivity (Wildman–Crippen MR) is 99.0 cm³/mol. The number of carbonyl (C=O) groups excluding carboxylic acids is 2. The van der Waals surface area contributed by atoms with Gasteiger partial charge >= 0.3 is 0 Å². The van der Waals surface area contributed by atoms with Gasteiger partial charge in [0.15, 0.2) is 0 Å². The van der Waals surface area contributed by atoms with Crippen LogP contribution in [0.15, 0.2) is 23.6 Å². The first-order valence-corrected chi connectivity index (χ1v) is 8.16. The summed E-state index contributed by atoms with van der Waals surface area (Å²) in [5.41, 5.74) is 7.84. The molecule has 0 bridgehead atoms. The Balaban J connectivity index is 0.00000288. The van der Waals surface area contributed by atoms with E-state index < -0.39 is 0 Å². The van der Waals surface area contributed by atoms with Crippen LogP contribution in [0.1, 0.15) is 45.3 Å². The molecule has 2 aromatic rings. The van der Waals surface area contributed by atoms with Gasteiger partial charge < -0.3 is 16.4 Å². The molecule has 24 heavy (non-hydrogen) atoms. The van der Waals surface area contributed by atoms with Gasteiger partial charge in [-0.05, 0) is 44.5 Å². The van der Waals surface area contributed by atoms with Gasteiger partial charge in [0.25, 0.3) is 11.8 Å². The Labute approximate surface area is 151 Å². The van der Waals surface area contributed by atoms with E-state index in [0.29, 0.717) is 28.5 Å². The van der Waals surface area contributed by atoms with Crippen molar-refractivity contribution in [2.24, 2.45) is 5.73 Å². The third-order valence-corrected chi connectivity index (χ3v) is 3.98. The highest BCUT2D eigenvalue weighted by Crippen LogP contribution is 2.17. The molecule has 2 amide bonds.